The standard InChI is InChI=1S/C19H19ClN4O3/c1-12-8-22-15(9-21-12)18(25)23-10-16-17(11-23)27-19(26)24(16)6-5-13-3-2-4-14(20)7-13/h2-4,7-9,16-17H,5-6,10-11H2,1H3/t16-,17+/m0/s1. The number of nitrogens with zero attached hydrogens (tertiary/aromatic N) is 4. The molecule has 0 saturated carbocycles. The van der Waals surface area contributed by atoms with Crippen LogP contribution in [0.3, 0.4) is 0 Å². The largest absolute Gasteiger partial charge is 0.442 e. The molecule has 1 aromatic carbocycles. The summed E-state index contributed by atoms with van der Waals surface area (Å²) >= 11 is 6.02. The second-order valence-corrected chi connectivity index (χ2v) is 7.25. The van der Waals surface area contributed by atoms with Gasteiger partial charge in [-0.05, 0) is 31.0 Å². The maximum atomic E-state index is 12.6. The number of aromatic nitrogens is 2. The molecule has 0 bridgehead atoms. The van der Waals surface area contributed by atoms with E-state index in [2.05, 4.69) is 9.97 Å². The molecule has 2 atom stereocenters. The molecule has 1 aromatic heterocycles. The summed E-state index contributed by atoms with van der Waals surface area (Å²) in [6.07, 6.45) is 3.10. The van der Waals surface area contributed by atoms with Crippen molar-refractivity contribution in [1.82, 2.24) is 19.8 Å². The number of carbonyl (C=O) groups excluding carboxylic acids is 2. The summed E-state index contributed by atoms with van der Waals surface area (Å²) in [4.78, 5) is 36.5. The van der Waals surface area contributed by atoms with E-state index in [-0.39, 0.29) is 24.1 Å². The van der Waals surface area contributed by atoms with Crippen molar-refractivity contribution in [1.29, 1.82) is 0 Å². The van der Waals surface area contributed by atoms with Gasteiger partial charge in [-0.15, -0.1) is 0 Å². The van der Waals surface area contributed by atoms with Crippen LogP contribution in [0, 0.1) is 6.92 Å². The Bertz CT molecular complexity index is 874. The second-order valence-electron chi connectivity index (χ2n) is 6.82. The third kappa shape index (κ3) is 3.60. The molecule has 2 aromatic rings. The Labute approximate surface area is 161 Å². The second kappa shape index (κ2) is 7.15. The lowest BCUT2D eigenvalue weighted by Gasteiger charge is -2.22. The van der Waals surface area contributed by atoms with Crippen molar-refractivity contribution in [2.75, 3.05) is 19.6 Å². The number of hydrogen-bond donors (Lipinski definition) is 0. The predicted octanol–water partition coefficient (Wildman–Crippen LogP) is 2.33. The van der Waals surface area contributed by atoms with Crippen molar-refractivity contribution in [3.63, 3.8) is 0 Å². The van der Waals surface area contributed by atoms with E-state index >= 15 is 0 Å². The molecule has 0 aliphatic carbocycles. The summed E-state index contributed by atoms with van der Waals surface area (Å²) in [5.74, 6) is -0.192. The molecule has 0 unspecified atom stereocenters. The first-order valence-corrected chi connectivity index (χ1v) is 9.18. The van der Waals surface area contributed by atoms with Gasteiger partial charge in [0.25, 0.3) is 5.91 Å². The average molecular weight is 387 g/mol. The molecule has 2 fully saturated rings. The van der Waals surface area contributed by atoms with Crippen molar-refractivity contribution in [2.24, 2.45) is 0 Å². The lowest BCUT2D eigenvalue weighted by molar-refractivity contribution is 0.0722. The van der Waals surface area contributed by atoms with Crippen LogP contribution in [0.15, 0.2) is 36.7 Å². The highest BCUT2D eigenvalue weighted by Crippen LogP contribution is 2.28. The van der Waals surface area contributed by atoms with E-state index in [1.807, 2.05) is 31.2 Å². The van der Waals surface area contributed by atoms with Gasteiger partial charge in [-0.1, -0.05) is 23.7 Å². The topological polar surface area (TPSA) is 75.6 Å². The van der Waals surface area contributed by atoms with Gasteiger partial charge in [-0.3, -0.25) is 14.7 Å². The third-order valence-corrected chi connectivity index (χ3v) is 5.18. The summed E-state index contributed by atoms with van der Waals surface area (Å²) in [6.45, 7) is 3.14. The van der Waals surface area contributed by atoms with Crippen LogP contribution in [0.25, 0.3) is 0 Å². The number of likely N-dealkylation sites (tertiary alicyclic amines) is 1. The molecule has 8 heteroatoms. The number of halogens is 1. The summed E-state index contributed by atoms with van der Waals surface area (Å²) in [6, 6.07) is 7.44. The molecular weight excluding hydrogens is 368 g/mol. The normalized spacial score (nSPS) is 21.3. The summed E-state index contributed by atoms with van der Waals surface area (Å²) in [5, 5.41) is 0.672. The van der Waals surface area contributed by atoms with Crippen molar-refractivity contribution in [3.05, 3.63) is 58.6 Å². The monoisotopic (exact) mass is 386 g/mol. The minimum Gasteiger partial charge on any atom is -0.442 e. The van der Waals surface area contributed by atoms with Gasteiger partial charge in [0.05, 0.1) is 24.5 Å². The van der Waals surface area contributed by atoms with E-state index in [0.717, 1.165) is 11.3 Å². The summed E-state index contributed by atoms with van der Waals surface area (Å²) in [5.41, 5.74) is 2.11. The van der Waals surface area contributed by atoms with Crippen molar-refractivity contribution >= 4 is 23.6 Å². The molecular formula is C19H19ClN4O3. The third-order valence-electron chi connectivity index (χ3n) is 4.94. The van der Waals surface area contributed by atoms with Gasteiger partial charge >= 0.3 is 6.09 Å². The zero-order valence-electron chi connectivity index (χ0n) is 14.8. The van der Waals surface area contributed by atoms with Crippen LogP contribution in [0.1, 0.15) is 21.7 Å². The molecule has 0 spiro atoms. The number of fused-ring (bicyclic) bond motifs is 1. The maximum absolute atomic E-state index is 12.6. The smallest absolute Gasteiger partial charge is 0.410 e. The van der Waals surface area contributed by atoms with Gasteiger partial charge in [-0.2, -0.15) is 0 Å². The van der Waals surface area contributed by atoms with Gasteiger partial charge in [0.1, 0.15) is 11.8 Å². The molecule has 27 heavy (non-hydrogen) atoms. The van der Waals surface area contributed by atoms with Gasteiger partial charge in [0.2, 0.25) is 0 Å². The minimum absolute atomic E-state index is 0.140. The van der Waals surface area contributed by atoms with Crippen molar-refractivity contribution in [3.8, 4) is 0 Å². The molecule has 2 aliphatic heterocycles. The lowest BCUT2D eigenvalue weighted by atomic mass is 10.1. The number of ether oxygens (including phenoxy) is 1. The maximum Gasteiger partial charge on any atom is 0.410 e. The van der Waals surface area contributed by atoms with Crippen molar-refractivity contribution in [2.45, 2.75) is 25.5 Å². The molecule has 2 amide bonds. The SMILES string of the molecule is Cc1cnc(C(=O)N2C[C@H]3OC(=O)N(CCc4cccc(Cl)c4)[C@H]3C2)cn1. The zero-order valence-corrected chi connectivity index (χ0v) is 15.6. The highest BCUT2D eigenvalue weighted by Gasteiger charge is 2.48. The van der Waals surface area contributed by atoms with E-state index in [1.54, 1.807) is 16.0 Å². The van der Waals surface area contributed by atoms with Crippen LogP contribution in [0.5, 0.6) is 0 Å². The van der Waals surface area contributed by atoms with Crippen LogP contribution in [0.2, 0.25) is 5.02 Å². The number of amides is 2. The molecule has 140 valence electrons. The van der Waals surface area contributed by atoms with Gasteiger partial charge in [0, 0.05) is 24.3 Å². The first kappa shape index (κ1) is 17.7. The highest BCUT2D eigenvalue weighted by atomic mass is 35.5. The Morgan fingerprint density at radius 3 is 2.89 bits per heavy atom. The Kier molecular flexibility index (Phi) is 4.70. The lowest BCUT2D eigenvalue weighted by Crippen LogP contribution is -2.40. The van der Waals surface area contributed by atoms with Crippen LogP contribution in [-0.4, -0.2) is 63.5 Å². The van der Waals surface area contributed by atoms with Crippen LogP contribution in [-0.2, 0) is 11.2 Å². The Hall–Kier alpha value is -2.67. The first-order valence-electron chi connectivity index (χ1n) is 8.81. The van der Waals surface area contributed by atoms with E-state index in [1.165, 1.54) is 6.20 Å². The molecule has 3 heterocycles. The number of benzene rings is 1. The van der Waals surface area contributed by atoms with Crippen LogP contribution >= 0.6 is 11.6 Å². The molecule has 0 radical (unpaired) electrons. The number of carbonyl (C=O) groups is 2. The quantitative estimate of drug-likeness (QED) is 0.806. The highest BCUT2D eigenvalue weighted by molar-refractivity contribution is 6.30. The Morgan fingerprint density at radius 2 is 2.15 bits per heavy atom. The fraction of sp³-hybridized carbons (Fsp3) is 0.368. The minimum atomic E-state index is -0.325. The van der Waals surface area contributed by atoms with Gasteiger partial charge in [0.15, 0.2) is 0 Å². The summed E-state index contributed by atoms with van der Waals surface area (Å²) < 4.78 is 5.48. The Balaban J connectivity index is 1.42. The molecule has 7 nitrogen and oxygen atoms in total. The first-order chi connectivity index (χ1) is 13.0. The fourth-order valence-corrected chi connectivity index (χ4v) is 3.75. The van der Waals surface area contributed by atoms with Gasteiger partial charge in [-0.25, -0.2) is 9.78 Å². The molecule has 4 rings (SSSR count). The van der Waals surface area contributed by atoms with E-state index in [4.69, 9.17) is 16.3 Å². The number of hydrogen-bond acceptors (Lipinski definition) is 5. The van der Waals surface area contributed by atoms with E-state index in [9.17, 15) is 9.59 Å². The predicted molar refractivity (Wildman–Crippen MR) is 98.6 cm³/mol. The molecule has 2 saturated heterocycles. The van der Waals surface area contributed by atoms with E-state index in [0.29, 0.717) is 36.8 Å². The number of aryl methyl sites for hydroxylation is 1. The fourth-order valence-electron chi connectivity index (χ4n) is 3.53. The number of rotatable bonds is 4. The summed E-state index contributed by atoms with van der Waals surface area (Å²) in [7, 11) is 0. The molecule has 2 aliphatic rings. The Morgan fingerprint density at radius 1 is 1.30 bits per heavy atom. The zero-order chi connectivity index (χ0) is 19.0. The van der Waals surface area contributed by atoms with Gasteiger partial charge < -0.3 is 9.64 Å². The average Bonchev–Trinajstić information content (AvgIpc) is 3.17. The van der Waals surface area contributed by atoms with E-state index < -0.39 is 0 Å². The van der Waals surface area contributed by atoms with Crippen LogP contribution < -0.4 is 0 Å². The molecule has 0 N–H and O–H groups in total. The van der Waals surface area contributed by atoms with Crippen LogP contribution in [0.4, 0.5) is 4.79 Å². The van der Waals surface area contributed by atoms with Crippen molar-refractivity contribution < 1.29 is 14.3 Å².